The van der Waals surface area contributed by atoms with Gasteiger partial charge in [0.2, 0.25) is 0 Å². The summed E-state index contributed by atoms with van der Waals surface area (Å²) in [6, 6.07) is 5.26. The maximum Gasteiger partial charge on any atom is 0.00683 e. The summed E-state index contributed by atoms with van der Waals surface area (Å²) in [6.45, 7) is 5.87. The van der Waals surface area contributed by atoms with Crippen LogP contribution in [0.25, 0.3) is 0 Å². The maximum atomic E-state index is 3.66. The second-order valence-corrected chi connectivity index (χ2v) is 6.00. The zero-order valence-corrected chi connectivity index (χ0v) is 10.5. The fourth-order valence-electron chi connectivity index (χ4n) is 1.84. The van der Waals surface area contributed by atoms with Crippen LogP contribution in [0.1, 0.15) is 31.6 Å². The van der Waals surface area contributed by atoms with Crippen LogP contribution in [0.5, 0.6) is 0 Å². The van der Waals surface area contributed by atoms with Crippen molar-refractivity contribution in [1.29, 1.82) is 0 Å². The van der Waals surface area contributed by atoms with Gasteiger partial charge in [0.05, 0.1) is 0 Å². The largest absolute Gasteiger partial charge is 0.314 e. The summed E-state index contributed by atoms with van der Waals surface area (Å²) < 4.78 is 0. The highest BCUT2D eigenvalue weighted by Gasteiger charge is 2.23. The second-order valence-electron chi connectivity index (χ2n) is 4.97. The van der Waals surface area contributed by atoms with Crippen LogP contribution in [0.3, 0.4) is 0 Å². The van der Waals surface area contributed by atoms with Crippen LogP contribution < -0.4 is 5.32 Å². The molecule has 2 rings (SSSR count). The molecule has 84 valence electrons. The summed E-state index contributed by atoms with van der Waals surface area (Å²) in [5.41, 5.74) is 0. The highest BCUT2D eigenvalue weighted by atomic mass is 32.1. The SMILES string of the molecule is CC(C)C(CNC1CC1)Cc1cccs1. The van der Waals surface area contributed by atoms with Crippen molar-refractivity contribution in [3.05, 3.63) is 22.4 Å². The van der Waals surface area contributed by atoms with Crippen LogP contribution in [0.15, 0.2) is 17.5 Å². The first-order valence-electron chi connectivity index (χ1n) is 6.01. The molecule has 1 atom stereocenters. The first-order chi connectivity index (χ1) is 7.25. The Balaban J connectivity index is 1.81. The fourth-order valence-corrected chi connectivity index (χ4v) is 2.64. The van der Waals surface area contributed by atoms with Gasteiger partial charge in [0, 0.05) is 10.9 Å². The number of hydrogen-bond donors (Lipinski definition) is 1. The van der Waals surface area contributed by atoms with Gasteiger partial charge >= 0.3 is 0 Å². The molecule has 0 saturated heterocycles. The lowest BCUT2D eigenvalue weighted by molar-refractivity contribution is 0.361. The van der Waals surface area contributed by atoms with Crippen molar-refractivity contribution in [3.63, 3.8) is 0 Å². The van der Waals surface area contributed by atoms with E-state index < -0.39 is 0 Å². The predicted octanol–water partition coefficient (Wildman–Crippen LogP) is 3.31. The van der Waals surface area contributed by atoms with Gasteiger partial charge in [-0.2, -0.15) is 0 Å². The Bertz CT molecular complexity index is 275. The van der Waals surface area contributed by atoms with E-state index in [1.807, 2.05) is 11.3 Å². The molecule has 1 unspecified atom stereocenters. The maximum absolute atomic E-state index is 3.66. The normalized spacial score (nSPS) is 18.3. The Morgan fingerprint density at radius 1 is 1.47 bits per heavy atom. The molecule has 0 aromatic carbocycles. The average Bonchev–Trinajstić information content (AvgIpc) is 2.89. The molecule has 2 heteroatoms. The lowest BCUT2D eigenvalue weighted by Crippen LogP contribution is -2.29. The first kappa shape index (κ1) is 11.2. The van der Waals surface area contributed by atoms with Crippen molar-refractivity contribution < 1.29 is 0 Å². The lowest BCUT2D eigenvalue weighted by Gasteiger charge is -2.20. The molecule has 1 aliphatic rings. The average molecular weight is 223 g/mol. The van der Waals surface area contributed by atoms with Crippen LogP contribution >= 0.6 is 11.3 Å². The smallest absolute Gasteiger partial charge is 0.00683 e. The fraction of sp³-hybridized carbons (Fsp3) is 0.692. The molecule has 0 spiro atoms. The summed E-state index contributed by atoms with van der Waals surface area (Å²) in [5.74, 6) is 1.57. The standard InChI is InChI=1S/C13H21NS/c1-10(2)11(9-14-12-5-6-12)8-13-4-3-7-15-13/h3-4,7,10-12,14H,5-6,8-9H2,1-2H3. The summed E-state index contributed by atoms with van der Waals surface area (Å²) in [6.07, 6.45) is 4.03. The topological polar surface area (TPSA) is 12.0 Å². The highest BCUT2D eigenvalue weighted by Crippen LogP contribution is 2.23. The van der Waals surface area contributed by atoms with E-state index >= 15 is 0 Å². The molecule has 1 N–H and O–H groups in total. The van der Waals surface area contributed by atoms with Crippen molar-refractivity contribution in [2.75, 3.05) is 6.54 Å². The van der Waals surface area contributed by atoms with E-state index in [4.69, 9.17) is 0 Å². The lowest BCUT2D eigenvalue weighted by atomic mass is 9.92. The quantitative estimate of drug-likeness (QED) is 0.780. The molecular weight excluding hydrogens is 202 g/mol. The molecule has 1 nitrogen and oxygen atoms in total. The Kier molecular flexibility index (Phi) is 3.81. The molecule has 1 aromatic heterocycles. The van der Waals surface area contributed by atoms with Gasteiger partial charge in [-0.3, -0.25) is 0 Å². The summed E-state index contributed by atoms with van der Waals surface area (Å²) in [4.78, 5) is 1.53. The van der Waals surface area contributed by atoms with E-state index in [1.54, 1.807) is 0 Å². The zero-order valence-electron chi connectivity index (χ0n) is 9.70. The predicted molar refractivity (Wildman–Crippen MR) is 67.4 cm³/mol. The summed E-state index contributed by atoms with van der Waals surface area (Å²) in [7, 11) is 0. The summed E-state index contributed by atoms with van der Waals surface area (Å²) >= 11 is 1.89. The number of hydrogen-bond acceptors (Lipinski definition) is 2. The Morgan fingerprint density at radius 3 is 2.80 bits per heavy atom. The molecule has 0 radical (unpaired) electrons. The van der Waals surface area contributed by atoms with Crippen LogP contribution in [0, 0.1) is 11.8 Å². The van der Waals surface area contributed by atoms with Crippen LogP contribution in [-0.4, -0.2) is 12.6 Å². The monoisotopic (exact) mass is 223 g/mol. The van der Waals surface area contributed by atoms with Crippen LogP contribution in [0.2, 0.25) is 0 Å². The minimum Gasteiger partial charge on any atom is -0.314 e. The van der Waals surface area contributed by atoms with Crippen molar-refractivity contribution in [2.45, 2.75) is 39.2 Å². The third kappa shape index (κ3) is 3.62. The van der Waals surface area contributed by atoms with E-state index in [9.17, 15) is 0 Å². The van der Waals surface area contributed by atoms with Gasteiger partial charge in [-0.1, -0.05) is 19.9 Å². The number of thiophene rings is 1. The van der Waals surface area contributed by atoms with Crippen molar-refractivity contribution in [3.8, 4) is 0 Å². The molecule has 15 heavy (non-hydrogen) atoms. The molecule has 1 heterocycles. The van der Waals surface area contributed by atoms with Gasteiger partial charge in [-0.05, 0) is 49.1 Å². The summed E-state index contributed by atoms with van der Waals surface area (Å²) in [5, 5.41) is 5.84. The second kappa shape index (κ2) is 5.13. The first-order valence-corrected chi connectivity index (χ1v) is 6.89. The molecule has 0 amide bonds. The van der Waals surface area contributed by atoms with Crippen molar-refractivity contribution >= 4 is 11.3 Å². The third-order valence-corrected chi connectivity index (χ3v) is 4.13. The third-order valence-electron chi connectivity index (χ3n) is 3.23. The molecule has 0 bridgehead atoms. The molecule has 1 aromatic rings. The molecule has 1 saturated carbocycles. The van der Waals surface area contributed by atoms with E-state index in [0.29, 0.717) is 0 Å². The van der Waals surface area contributed by atoms with Gasteiger partial charge < -0.3 is 5.32 Å². The van der Waals surface area contributed by atoms with Gasteiger partial charge in [0.25, 0.3) is 0 Å². The minimum absolute atomic E-state index is 0.776. The highest BCUT2D eigenvalue weighted by molar-refractivity contribution is 7.09. The van der Waals surface area contributed by atoms with Crippen molar-refractivity contribution in [1.82, 2.24) is 5.32 Å². The van der Waals surface area contributed by atoms with Crippen LogP contribution in [0.4, 0.5) is 0 Å². The Labute approximate surface area is 96.9 Å². The Morgan fingerprint density at radius 2 is 2.27 bits per heavy atom. The molecular formula is C13H21NS. The minimum atomic E-state index is 0.776. The van der Waals surface area contributed by atoms with Gasteiger partial charge in [0.15, 0.2) is 0 Å². The van der Waals surface area contributed by atoms with E-state index in [1.165, 1.54) is 30.7 Å². The van der Waals surface area contributed by atoms with E-state index in [2.05, 4.69) is 36.7 Å². The van der Waals surface area contributed by atoms with Crippen molar-refractivity contribution in [2.24, 2.45) is 11.8 Å². The number of rotatable bonds is 6. The van der Waals surface area contributed by atoms with E-state index in [-0.39, 0.29) is 0 Å². The van der Waals surface area contributed by atoms with Gasteiger partial charge in [0.1, 0.15) is 0 Å². The Hall–Kier alpha value is -0.340. The van der Waals surface area contributed by atoms with Gasteiger partial charge in [-0.25, -0.2) is 0 Å². The zero-order chi connectivity index (χ0) is 10.7. The van der Waals surface area contributed by atoms with E-state index in [0.717, 1.165) is 17.9 Å². The van der Waals surface area contributed by atoms with Crippen LogP contribution in [-0.2, 0) is 6.42 Å². The number of nitrogens with one attached hydrogen (secondary N) is 1. The molecule has 1 fully saturated rings. The molecule has 1 aliphatic carbocycles. The molecule has 0 aliphatic heterocycles. The van der Waals surface area contributed by atoms with Gasteiger partial charge in [-0.15, -0.1) is 11.3 Å².